The predicted octanol–water partition coefficient (Wildman–Crippen LogP) is 2.05. The summed E-state index contributed by atoms with van der Waals surface area (Å²) in [6.45, 7) is 4.23. The second kappa shape index (κ2) is 7.79. The van der Waals surface area contributed by atoms with E-state index in [1.54, 1.807) is 0 Å². The lowest BCUT2D eigenvalue weighted by molar-refractivity contribution is -0.118. The van der Waals surface area contributed by atoms with Gasteiger partial charge in [-0.2, -0.15) is 0 Å². The molecule has 1 aromatic carbocycles. The first-order valence-electron chi connectivity index (χ1n) is 7.13. The average molecular weight is 317 g/mol. The predicted molar refractivity (Wildman–Crippen MR) is 88.0 cm³/mol. The largest absolute Gasteiger partial charge is 0.351 e. The van der Waals surface area contributed by atoms with Crippen molar-refractivity contribution in [3.05, 3.63) is 57.5 Å². The second-order valence-corrected chi connectivity index (χ2v) is 5.80. The molecule has 6 heteroatoms. The third-order valence-corrected chi connectivity index (χ3v) is 4.10. The van der Waals surface area contributed by atoms with Crippen molar-refractivity contribution < 1.29 is 4.79 Å². The Labute approximate surface area is 133 Å². The molecular formula is C16H19N3O2S. The van der Waals surface area contributed by atoms with Gasteiger partial charge in [0.2, 0.25) is 5.91 Å². The molecule has 0 saturated carbocycles. The summed E-state index contributed by atoms with van der Waals surface area (Å²) < 4.78 is 0. The molecule has 1 heterocycles. The van der Waals surface area contributed by atoms with Crippen molar-refractivity contribution in [3.8, 4) is 0 Å². The quantitative estimate of drug-likeness (QED) is 0.631. The van der Waals surface area contributed by atoms with E-state index in [0.717, 1.165) is 11.3 Å². The van der Waals surface area contributed by atoms with E-state index in [1.165, 1.54) is 11.8 Å². The van der Waals surface area contributed by atoms with Crippen LogP contribution in [-0.4, -0.2) is 21.6 Å². The number of hydrogen-bond acceptors (Lipinski definition) is 4. The minimum Gasteiger partial charge on any atom is -0.351 e. The van der Waals surface area contributed by atoms with Gasteiger partial charge in [0, 0.05) is 17.8 Å². The summed E-state index contributed by atoms with van der Waals surface area (Å²) in [5.74, 6) is 0.134. The maximum Gasteiger partial charge on any atom is 0.254 e. The molecular weight excluding hydrogens is 298 g/mol. The van der Waals surface area contributed by atoms with Crippen molar-refractivity contribution in [2.45, 2.75) is 32.0 Å². The highest BCUT2D eigenvalue weighted by atomic mass is 32.2. The van der Waals surface area contributed by atoms with E-state index in [4.69, 9.17) is 0 Å². The Kier molecular flexibility index (Phi) is 5.77. The molecule has 0 aliphatic rings. The lowest BCUT2D eigenvalue weighted by atomic mass is 10.2. The van der Waals surface area contributed by atoms with Crippen LogP contribution in [-0.2, 0) is 17.8 Å². The fraction of sp³-hybridized carbons (Fsp3) is 0.312. The van der Waals surface area contributed by atoms with E-state index < -0.39 is 0 Å². The van der Waals surface area contributed by atoms with Crippen LogP contribution < -0.4 is 10.9 Å². The SMILES string of the molecule is CCc1c(C)nc(SCC(=O)NCc2ccccc2)[nH]c1=O. The van der Waals surface area contributed by atoms with Crippen LogP contribution in [0.3, 0.4) is 0 Å². The molecule has 0 fully saturated rings. The summed E-state index contributed by atoms with van der Waals surface area (Å²) in [6, 6.07) is 9.72. The Balaban J connectivity index is 1.87. The van der Waals surface area contributed by atoms with E-state index in [1.807, 2.05) is 44.2 Å². The molecule has 0 unspecified atom stereocenters. The molecule has 0 spiro atoms. The molecule has 0 atom stereocenters. The van der Waals surface area contributed by atoms with Gasteiger partial charge in [-0.15, -0.1) is 0 Å². The zero-order valence-corrected chi connectivity index (χ0v) is 13.5. The Morgan fingerprint density at radius 1 is 1.32 bits per heavy atom. The molecule has 1 amide bonds. The number of amides is 1. The van der Waals surface area contributed by atoms with Crippen molar-refractivity contribution in [2.75, 3.05) is 5.75 Å². The summed E-state index contributed by atoms with van der Waals surface area (Å²) in [6.07, 6.45) is 0.649. The van der Waals surface area contributed by atoms with E-state index in [2.05, 4.69) is 15.3 Å². The Bertz CT molecular complexity index is 698. The fourth-order valence-electron chi connectivity index (χ4n) is 2.05. The lowest BCUT2D eigenvalue weighted by Crippen LogP contribution is -2.25. The van der Waals surface area contributed by atoms with Gasteiger partial charge in [-0.25, -0.2) is 4.98 Å². The lowest BCUT2D eigenvalue weighted by Gasteiger charge is -2.06. The highest BCUT2D eigenvalue weighted by Gasteiger charge is 2.08. The first-order valence-corrected chi connectivity index (χ1v) is 8.12. The van der Waals surface area contributed by atoms with E-state index in [9.17, 15) is 9.59 Å². The van der Waals surface area contributed by atoms with E-state index in [0.29, 0.717) is 23.7 Å². The van der Waals surface area contributed by atoms with Gasteiger partial charge in [-0.3, -0.25) is 9.59 Å². The van der Waals surface area contributed by atoms with Crippen molar-refractivity contribution in [2.24, 2.45) is 0 Å². The van der Waals surface area contributed by atoms with Crippen LogP contribution in [0.15, 0.2) is 40.3 Å². The van der Waals surface area contributed by atoms with Gasteiger partial charge < -0.3 is 10.3 Å². The summed E-state index contributed by atoms with van der Waals surface area (Å²) in [5, 5.41) is 3.32. The first-order chi connectivity index (χ1) is 10.6. The van der Waals surface area contributed by atoms with Crippen LogP contribution in [0.1, 0.15) is 23.7 Å². The summed E-state index contributed by atoms with van der Waals surface area (Å²) in [5.41, 5.74) is 2.34. The van der Waals surface area contributed by atoms with E-state index >= 15 is 0 Å². The number of thioether (sulfide) groups is 1. The normalized spacial score (nSPS) is 10.5. The zero-order valence-electron chi connectivity index (χ0n) is 12.7. The Hall–Kier alpha value is -2.08. The second-order valence-electron chi connectivity index (χ2n) is 4.84. The first kappa shape index (κ1) is 16.3. The molecule has 5 nitrogen and oxygen atoms in total. The fourth-order valence-corrected chi connectivity index (χ4v) is 2.79. The molecule has 116 valence electrons. The number of aromatic amines is 1. The number of H-pyrrole nitrogens is 1. The van der Waals surface area contributed by atoms with Gasteiger partial charge >= 0.3 is 0 Å². The molecule has 0 aliphatic carbocycles. The molecule has 0 radical (unpaired) electrons. The molecule has 0 saturated heterocycles. The highest BCUT2D eigenvalue weighted by Crippen LogP contribution is 2.12. The topological polar surface area (TPSA) is 74.8 Å². The summed E-state index contributed by atoms with van der Waals surface area (Å²) in [4.78, 5) is 30.7. The number of rotatable bonds is 6. The number of carbonyl (C=O) groups is 1. The monoisotopic (exact) mass is 317 g/mol. The minimum atomic E-state index is -0.123. The van der Waals surface area contributed by atoms with E-state index in [-0.39, 0.29) is 17.2 Å². The third kappa shape index (κ3) is 4.46. The average Bonchev–Trinajstić information content (AvgIpc) is 2.52. The third-order valence-electron chi connectivity index (χ3n) is 3.23. The number of carbonyl (C=O) groups excluding carboxylic acids is 1. The smallest absolute Gasteiger partial charge is 0.254 e. The van der Waals surface area contributed by atoms with Gasteiger partial charge in [0.05, 0.1) is 5.75 Å². The van der Waals surface area contributed by atoms with Crippen molar-refractivity contribution >= 4 is 17.7 Å². The molecule has 1 aromatic heterocycles. The summed E-state index contributed by atoms with van der Waals surface area (Å²) in [7, 11) is 0. The summed E-state index contributed by atoms with van der Waals surface area (Å²) >= 11 is 1.23. The highest BCUT2D eigenvalue weighted by molar-refractivity contribution is 7.99. The standard InChI is InChI=1S/C16H19N3O2S/c1-3-13-11(2)18-16(19-15(13)21)22-10-14(20)17-9-12-7-5-4-6-8-12/h4-8H,3,9-10H2,1-2H3,(H,17,20)(H,18,19,21). The number of aryl methyl sites for hydroxylation is 1. The maximum atomic E-state index is 11.8. The molecule has 2 rings (SSSR count). The van der Waals surface area contributed by atoms with Gasteiger partial charge in [-0.05, 0) is 18.9 Å². The van der Waals surface area contributed by atoms with Crippen LogP contribution in [0.25, 0.3) is 0 Å². The number of aromatic nitrogens is 2. The van der Waals surface area contributed by atoms with Crippen molar-refractivity contribution in [3.63, 3.8) is 0 Å². The van der Waals surface area contributed by atoms with Crippen LogP contribution in [0.5, 0.6) is 0 Å². The Morgan fingerprint density at radius 3 is 2.68 bits per heavy atom. The number of benzene rings is 1. The van der Waals surface area contributed by atoms with Gasteiger partial charge in [0.25, 0.3) is 5.56 Å². The van der Waals surface area contributed by atoms with Gasteiger partial charge in [0.15, 0.2) is 5.16 Å². The number of hydrogen-bond donors (Lipinski definition) is 2. The van der Waals surface area contributed by atoms with Gasteiger partial charge in [-0.1, -0.05) is 49.0 Å². The molecule has 2 aromatic rings. The zero-order chi connectivity index (χ0) is 15.9. The van der Waals surface area contributed by atoms with Crippen LogP contribution >= 0.6 is 11.8 Å². The van der Waals surface area contributed by atoms with Crippen LogP contribution in [0.2, 0.25) is 0 Å². The molecule has 2 N–H and O–H groups in total. The molecule has 0 aliphatic heterocycles. The maximum absolute atomic E-state index is 11.8. The van der Waals surface area contributed by atoms with Crippen molar-refractivity contribution in [1.29, 1.82) is 0 Å². The molecule has 0 bridgehead atoms. The Morgan fingerprint density at radius 2 is 2.05 bits per heavy atom. The van der Waals surface area contributed by atoms with Crippen LogP contribution in [0.4, 0.5) is 0 Å². The van der Waals surface area contributed by atoms with Gasteiger partial charge in [0.1, 0.15) is 0 Å². The van der Waals surface area contributed by atoms with Crippen molar-refractivity contribution in [1.82, 2.24) is 15.3 Å². The molecule has 22 heavy (non-hydrogen) atoms. The van der Waals surface area contributed by atoms with Crippen LogP contribution in [0, 0.1) is 6.92 Å². The minimum absolute atomic E-state index is 0.0891. The number of nitrogens with zero attached hydrogens (tertiary/aromatic N) is 1. The number of nitrogens with one attached hydrogen (secondary N) is 2.